The maximum atomic E-state index is 12.3. The van der Waals surface area contributed by atoms with Gasteiger partial charge >= 0.3 is 0 Å². The molecule has 1 fully saturated rings. The standard InChI is InChI=1S/C16H23N5OS2/c1-11-5-3-7-14(12(11)2)17-15(22)10-24-16-18-19-20-21(16)9-13-6-4-8-23-13/h4,6,8,11-12,14H,3,5,7,9-10H2,1-2H3,(H,17,22). The van der Waals surface area contributed by atoms with Crippen molar-refractivity contribution in [2.45, 2.75) is 50.9 Å². The molecule has 2 aromatic heterocycles. The highest BCUT2D eigenvalue weighted by molar-refractivity contribution is 7.99. The summed E-state index contributed by atoms with van der Waals surface area (Å²) in [6, 6.07) is 4.36. The first-order valence-electron chi connectivity index (χ1n) is 8.34. The largest absolute Gasteiger partial charge is 0.352 e. The first kappa shape index (κ1) is 17.4. The van der Waals surface area contributed by atoms with Gasteiger partial charge in [-0.2, -0.15) is 0 Å². The fourth-order valence-corrected chi connectivity index (χ4v) is 4.49. The number of carbonyl (C=O) groups excluding carboxylic acids is 1. The first-order chi connectivity index (χ1) is 11.6. The second-order valence-corrected chi connectivity index (χ2v) is 8.40. The van der Waals surface area contributed by atoms with Crippen LogP contribution in [0.25, 0.3) is 0 Å². The van der Waals surface area contributed by atoms with Gasteiger partial charge in [0.15, 0.2) is 0 Å². The molecule has 24 heavy (non-hydrogen) atoms. The molecule has 1 aliphatic rings. The second kappa shape index (κ2) is 8.11. The summed E-state index contributed by atoms with van der Waals surface area (Å²) in [4.78, 5) is 13.5. The van der Waals surface area contributed by atoms with E-state index in [-0.39, 0.29) is 5.91 Å². The summed E-state index contributed by atoms with van der Waals surface area (Å²) >= 11 is 3.07. The summed E-state index contributed by atoms with van der Waals surface area (Å²) in [5.74, 6) is 1.63. The summed E-state index contributed by atoms with van der Waals surface area (Å²) in [5, 5.41) is 17.7. The maximum absolute atomic E-state index is 12.3. The predicted molar refractivity (Wildman–Crippen MR) is 96.1 cm³/mol. The van der Waals surface area contributed by atoms with Crippen molar-refractivity contribution in [2.75, 3.05) is 5.75 Å². The Labute approximate surface area is 150 Å². The number of thiophene rings is 1. The van der Waals surface area contributed by atoms with E-state index >= 15 is 0 Å². The number of hydrogen-bond acceptors (Lipinski definition) is 6. The number of hydrogen-bond donors (Lipinski definition) is 1. The molecule has 8 heteroatoms. The monoisotopic (exact) mass is 365 g/mol. The van der Waals surface area contributed by atoms with Gasteiger partial charge in [-0.3, -0.25) is 4.79 Å². The van der Waals surface area contributed by atoms with Crippen LogP contribution in [0.2, 0.25) is 0 Å². The lowest BCUT2D eigenvalue weighted by molar-refractivity contribution is -0.120. The van der Waals surface area contributed by atoms with E-state index in [0.29, 0.717) is 35.3 Å². The molecule has 2 heterocycles. The van der Waals surface area contributed by atoms with E-state index in [0.717, 1.165) is 6.42 Å². The second-order valence-electron chi connectivity index (χ2n) is 6.43. The van der Waals surface area contributed by atoms with Crippen LogP contribution < -0.4 is 5.32 Å². The lowest BCUT2D eigenvalue weighted by atomic mass is 9.78. The number of tetrazole rings is 1. The Kier molecular flexibility index (Phi) is 5.89. The van der Waals surface area contributed by atoms with E-state index in [2.05, 4.69) is 40.8 Å². The van der Waals surface area contributed by atoms with Crippen molar-refractivity contribution in [3.8, 4) is 0 Å². The lowest BCUT2D eigenvalue weighted by Crippen LogP contribution is -2.44. The molecule has 2 aromatic rings. The zero-order chi connectivity index (χ0) is 16.9. The number of thioether (sulfide) groups is 1. The minimum Gasteiger partial charge on any atom is -0.352 e. The molecule has 3 rings (SSSR count). The molecule has 0 spiro atoms. The third-order valence-electron chi connectivity index (χ3n) is 4.77. The lowest BCUT2D eigenvalue weighted by Gasteiger charge is -2.34. The van der Waals surface area contributed by atoms with E-state index in [4.69, 9.17) is 0 Å². The third-order valence-corrected chi connectivity index (χ3v) is 6.59. The predicted octanol–water partition coefficient (Wildman–Crippen LogP) is 2.82. The topological polar surface area (TPSA) is 72.7 Å². The number of nitrogens with zero attached hydrogens (tertiary/aromatic N) is 4. The van der Waals surface area contributed by atoms with E-state index in [1.807, 2.05) is 11.4 Å². The van der Waals surface area contributed by atoms with Crippen LogP contribution in [0, 0.1) is 11.8 Å². The summed E-state index contributed by atoms with van der Waals surface area (Å²) in [6.07, 6.45) is 3.54. The van der Waals surface area contributed by atoms with E-state index < -0.39 is 0 Å². The molecule has 1 aliphatic carbocycles. The average molecular weight is 366 g/mol. The van der Waals surface area contributed by atoms with Crippen LogP contribution in [-0.2, 0) is 11.3 Å². The molecule has 6 nitrogen and oxygen atoms in total. The number of carbonyl (C=O) groups is 1. The zero-order valence-corrected chi connectivity index (χ0v) is 15.6. The Morgan fingerprint density at radius 1 is 1.46 bits per heavy atom. The Bertz CT molecular complexity index is 657. The molecular weight excluding hydrogens is 342 g/mol. The number of nitrogens with one attached hydrogen (secondary N) is 1. The molecule has 1 saturated carbocycles. The Hall–Kier alpha value is -1.41. The van der Waals surface area contributed by atoms with Gasteiger partial charge in [0.2, 0.25) is 11.1 Å². The van der Waals surface area contributed by atoms with Crippen molar-refractivity contribution in [3.63, 3.8) is 0 Å². The minimum atomic E-state index is 0.0663. The van der Waals surface area contributed by atoms with Gasteiger partial charge in [-0.1, -0.05) is 44.5 Å². The number of rotatable bonds is 6. The fraction of sp³-hybridized carbons (Fsp3) is 0.625. The van der Waals surface area contributed by atoms with Gasteiger partial charge in [0.25, 0.3) is 0 Å². The Morgan fingerprint density at radius 2 is 2.33 bits per heavy atom. The fourth-order valence-electron chi connectivity index (χ4n) is 3.11. The Morgan fingerprint density at radius 3 is 3.12 bits per heavy atom. The van der Waals surface area contributed by atoms with E-state index in [1.54, 1.807) is 16.0 Å². The van der Waals surface area contributed by atoms with Gasteiger partial charge in [0.05, 0.1) is 12.3 Å². The summed E-state index contributed by atoms with van der Waals surface area (Å²) in [7, 11) is 0. The minimum absolute atomic E-state index is 0.0663. The maximum Gasteiger partial charge on any atom is 0.230 e. The molecule has 1 N–H and O–H groups in total. The third kappa shape index (κ3) is 4.36. The van der Waals surface area contributed by atoms with Gasteiger partial charge < -0.3 is 5.32 Å². The molecule has 0 aromatic carbocycles. The van der Waals surface area contributed by atoms with Crippen LogP contribution >= 0.6 is 23.1 Å². The smallest absolute Gasteiger partial charge is 0.230 e. The quantitative estimate of drug-likeness (QED) is 0.797. The molecule has 0 bridgehead atoms. The zero-order valence-electron chi connectivity index (χ0n) is 14.0. The van der Waals surface area contributed by atoms with Crippen molar-refractivity contribution < 1.29 is 4.79 Å². The number of aromatic nitrogens is 4. The van der Waals surface area contributed by atoms with Crippen molar-refractivity contribution >= 4 is 29.0 Å². The van der Waals surface area contributed by atoms with Crippen molar-refractivity contribution in [3.05, 3.63) is 22.4 Å². The van der Waals surface area contributed by atoms with Crippen LogP contribution in [0.4, 0.5) is 0 Å². The average Bonchev–Trinajstić information content (AvgIpc) is 3.22. The van der Waals surface area contributed by atoms with Crippen molar-refractivity contribution in [1.82, 2.24) is 25.5 Å². The van der Waals surface area contributed by atoms with Crippen molar-refractivity contribution in [2.24, 2.45) is 11.8 Å². The molecule has 3 unspecified atom stereocenters. The van der Waals surface area contributed by atoms with Gasteiger partial charge in [-0.25, -0.2) is 4.68 Å². The van der Waals surface area contributed by atoms with Crippen LogP contribution in [0.5, 0.6) is 0 Å². The van der Waals surface area contributed by atoms with Crippen LogP contribution in [0.3, 0.4) is 0 Å². The molecule has 0 radical (unpaired) electrons. The van der Waals surface area contributed by atoms with Gasteiger partial charge in [0.1, 0.15) is 0 Å². The molecular formula is C16H23N5OS2. The highest BCUT2D eigenvalue weighted by Gasteiger charge is 2.28. The van der Waals surface area contributed by atoms with Gasteiger partial charge in [0, 0.05) is 10.9 Å². The van der Waals surface area contributed by atoms with E-state index in [9.17, 15) is 4.79 Å². The van der Waals surface area contributed by atoms with Crippen molar-refractivity contribution in [1.29, 1.82) is 0 Å². The van der Waals surface area contributed by atoms with Crippen LogP contribution in [0.15, 0.2) is 22.7 Å². The van der Waals surface area contributed by atoms with Crippen LogP contribution in [-0.4, -0.2) is 37.9 Å². The summed E-state index contributed by atoms with van der Waals surface area (Å²) in [5.41, 5.74) is 0. The SMILES string of the molecule is CC1CCCC(NC(=O)CSc2nnnn2Cc2cccs2)C1C. The molecule has 130 valence electrons. The van der Waals surface area contributed by atoms with E-state index in [1.165, 1.54) is 29.5 Å². The highest BCUT2D eigenvalue weighted by Crippen LogP contribution is 2.29. The molecule has 1 amide bonds. The Balaban J connectivity index is 1.51. The number of amides is 1. The van der Waals surface area contributed by atoms with Gasteiger partial charge in [-0.15, -0.1) is 16.4 Å². The summed E-state index contributed by atoms with van der Waals surface area (Å²) < 4.78 is 1.75. The van der Waals surface area contributed by atoms with Crippen LogP contribution in [0.1, 0.15) is 38.0 Å². The summed E-state index contributed by atoms with van der Waals surface area (Å²) in [6.45, 7) is 5.16. The first-order valence-corrected chi connectivity index (χ1v) is 10.2. The molecule has 3 atom stereocenters. The highest BCUT2D eigenvalue weighted by atomic mass is 32.2. The molecule has 0 aliphatic heterocycles. The molecule has 0 saturated heterocycles. The van der Waals surface area contributed by atoms with Gasteiger partial charge in [-0.05, 0) is 40.1 Å². The normalized spacial score (nSPS) is 24.0.